The number of carboxylic acid groups (broad SMARTS) is 1. The largest absolute Gasteiger partial charge is 0.476 e. The van der Waals surface area contributed by atoms with Crippen LogP contribution in [0.1, 0.15) is 38.8 Å². The number of carbonyl (C=O) groups is 2. The number of aromatic carboxylic acids is 1. The Bertz CT molecular complexity index is 704. The number of carboxylic acids is 1. The number of carbonyl (C=O) groups excluding carboxylic acids is 1. The number of rotatable bonds is 4. The van der Waals surface area contributed by atoms with Crippen LogP contribution < -0.4 is 5.32 Å². The molecule has 0 spiro atoms. The number of thiazole rings is 1. The van der Waals surface area contributed by atoms with E-state index in [2.05, 4.69) is 26.2 Å². The van der Waals surface area contributed by atoms with Gasteiger partial charge in [-0.3, -0.25) is 4.79 Å². The van der Waals surface area contributed by atoms with E-state index in [1.807, 2.05) is 0 Å². The van der Waals surface area contributed by atoms with Crippen LogP contribution in [-0.2, 0) is 0 Å². The van der Waals surface area contributed by atoms with Gasteiger partial charge in [-0.05, 0) is 35.0 Å². The van der Waals surface area contributed by atoms with Gasteiger partial charge in [0.15, 0.2) is 5.69 Å². The molecule has 1 unspecified atom stereocenters. The van der Waals surface area contributed by atoms with Crippen LogP contribution in [-0.4, -0.2) is 22.0 Å². The fraction of sp³-hybridized carbons (Fsp3) is 0.154. The molecular formula is C13H10BrFN2O3S. The summed E-state index contributed by atoms with van der Waals surface area (Å²) in [6.07, 6.45) is 0. The van der Waals surface area contributed by atoms with Crippen LogP contribution in [0.5, 0.6) is 0 Å². The molecule has 0 saturated carbocycles. The molecule has 0 aliphatic carbocycles. The van der Waals surface area contributed by atoms with Crippen LogP contribution in [0.4, 0.5) is 4.39 Å². The summed E-state index contributed by atoms with van der Waals surface area (Å²) in [5.74, 6) is -2.37. The van der Waals surface area contributed by atoms with Gasteiger partial charge < -0.3 is 10.4 Å². The second-order valence-electron chi connectivity index (χ2n) is 4.17. The summed E-state index contributed by atoms with van der Waals surface area (Å²) in [6, 6.07) is 3.90. The van der Waals surface area contributed by atoms with Gasteiger partial charge in [0.25, 0.3) is 5.91 Å². The molecule has 1 amide bonds. The second kappa shape index (κ2) is 6.31. The first-order chi connectivity index (χ1) is 9.90. The zero-order valence-corrected chi connectivity index (χ0v) is 13.2. The van der Waals surface area contributed by atoms with Gasteiger partial charge in [0.05, 0.1) is 16.1 Å². The molecule has 0 radical (unpaired) electrons. The Hall–Kier alpha value is -1.80. The van der Waals surface area contributed by atoms with Crippen LogP contribution in [0, 0.1) is 5.82 Å². The van der Waals surface area contributed by atoms with Gasteiger partial charge in [-0.2, -0.15) is 0 Å². The van der Waals surface area contributed by atoms with Crippen molar-refractivity contribution >= 4 is 39.1 Å². The van der Waals surface area contributed by atoms with Crippen LogP contribution in [0.25, 0.3) is 0 Å². The van der Waals surface area contributed by atoms with Crippen molar-refractivity contribution in [1.29, 1.82) is 0 Å². The molecule has 0 aliphatic heterocycles. The number of nitrogens with zero attached hydrogens (tertiary/aromatic N) is 1. The van der Waals surface area contributed by atoms with E-state index in [0.717, 1.165) is 11.3 Å². The molecule has 2 rings (SSSR count). The van der Waals surface area contributed by atoms with E-state index in [-0.39, 0.29) is 15.7 Å². The highest BCUT2D eigenvalue weighted by molar-refractivity contribution is 9.10. The van der Waals surface area contributed by atoms with Crippen LogP contribution in [0.2, 0.25) is 0 Å². The lowest BCUT2D eigenvalue weighted by Crippen LogP contribution is -2.27. The van der Waals surface area contributed by atoms with Crippen molar-refractivity contribution in [3.05, 3.63) is 50.1 Å². The molecule has 1 aromatic heterocycles. The molecular weight excluding hydrogens is 363 g/mol. The van der Waals surface area contributed by atoms with E-state index in [9.17, 15) is 14.0 Å². The van der Waals surface area contributed by atoms with Crippen molar-refractivity contribution in [2.45, 2.75) is 13.0 Å². The van der Waals surface area contributed by atoms with Crippen molar-refractivity contribution < 1.29 is 19.1 Å². The van der Waals surface area contributed by atoms with Gasteiger partial charge in [0.2, 0.25) is 0 Å². The monoisotopic (exact) mass is 372 g/mol. The quantitative estimate of drug-likeness (QED) is 0.863. The molecule has 2 N–H and O–H groups in total. The van der Waals surface area contributed by atoms with Gasteiger partial charge in [-0.25, -0.2) is 14.2 Å². The normalized spacial score (nSPS) is 12.0. The summed E-state index contributed by atoms with van der Waals surface area (Å²) in [6.45, 7) is 1.65. The van der Waals surface area contributed by atoms with Crippen molar-refractivity contribution in [3.63, 3.8) is 0 Å². The number of aromatic nitrogens is 1. The van der Waals surface area contributed by atoms with E-state index in [4.69, 9.17) is 5.11 Å². The van der Waals surface area contributed by atoms with Crippen LogP contribution in [0.3, 0.4) is 0 Å². The van der Waals surface area contributed by atoms with Crippen molar-refractivity contribution in [2.75, 3.05) is 0 Å². The average molecular weight is 373 g/mol. The van der Waals surface area contributed by atoms with Gasteiger partial charge in [-0.1, -0.05) is 6.07 Å². The van der Waals surface area contributed by atoms with E-state index in [1.165, 1.54) is 17.5 Å². The first-order valence-corrected chi connectivity index (χ1v) is 7.51. The van der Waals surface area contributed by atoms with Gasteiger partial charge in [-0.15, -0.1) is 11.3 Å². The Kier molecular flexibility index (Phi) is 4.69. The second-order valence-corrected chi connectivity index (χ2v) is 5.92. The van der Waals surface area contributed by atoms with Crippen LogP contribution in [0.15, 0.2) is 28.1 Å². The minimum absolute atomic E-state index is 0.0789. The molecule has 0 saturated heterocycles. The number of nitrogens with one attached hydrogen (secondary N) is 1. The summed E-state index contributed by atoms with van der Waals surface area (Å²) in [7, 11) is 0. The third-order valence-corrected chi connectivity index (χ3v) is 4.30. The lowest BCUT2D eigenvalue weighted by atomic mass is 10.2. The third-order valence-electron chi connectivity index (χ3n) is 2.66. The SMILES string of the molecule is CC(NC(=O)c1cccc(Br)c1F)c1nc(C(=O)O)cs1. The Labute approximate surface area is 132 Å². The smallest absolute Gasteiger partial charge is 0.355 e. The highest BCUT2D eigenvalue weighted by atomic mass is 79.9. The maximum atomic E-state index is 13.8. The molecule has 0 aliphatic rings. The molecule has 21 heavy (non-hydrogen) atoms. The summed E-state index contributed by atoms with van der Waals surface area (Å²) in [4.78, 5) is 26.7. The number of benzene rings is 1. The Balaban J connectivity index is 2.14. The Morgan fingerprint density at radius 1 is 1.48 bits per heavy atom. The van der Waals surface area contributed by atoms with Gasteiger partial charge in [0, 0.05) is 5.38 Å². The molecule has 1 heterocycles. The lowest BCUT2D eigenvalue weighted by Gasteiger charge is -2.12. The summed E-state index contributed by atoms with van der Waals surface area (Å²) in [5.41, 5.74) is -0.170. The molecule has 1 aromatic carbocycles. The van der Waals surface area contributed by atoms with Crippen molar-refractivity contribution in [2.24, 2.45) is 0 Å². The average Bonchev–Trinajstić information content (AvgIpc) is 2.91. The fourth-order valence-corrected chi connectivity index (χ4v) is 2.77. The third kappa shape index (κ3) is 3.45. The zero-order chi connectivity index (χ0) is 15.6. The van der Waals surface area contributed by atoms with Crippen molar-refractivity contribution in [1.82, 2.24) is 10.3 Å². The molecule has 0 fully saturated rings. The summed E-state index contributed by atoms with van der Waals surface area (Å²) >= 11 is 4.14. The molecule has 5 nitrogen and oxygen atoms in total. The number of hydrogen-bond donors (Lipinski definition) is 2. The maximum Gasteiger partial charge on any atom is 0.355 e. The van der Waals surface area contributed by atoms with E-state index >= 15 is 0 Å². The minimum atomic E-state index is -1.13. The van der Waals surface area contributed by atoms with E-state index < -0.39 is 23.7 Å². The van der Waals surface area contributed by atoms with Crippen LogP contribution >= 0.6 is 27.3 Å². The highest BCUT2D eigenvalue weighted by Crippen LogP contribution is 2.21. The fourth-order valence-electron chi connectivity index (χ4n) is 1.60. The predicted octanol–water partition coefficient (Wildman–Crippen LogP) is 3.23. The minimum Gasteiger partial charge on any atom is -0.476 e. The molecule has 0 bridgehead atoms. The number of hydrogen-bond acceptors (Lipinski definition) is 4. The van der Waals surface area contributed by atoms with Gasteiger partial charge in [0.1, 0.15) is 10.8 Å². The Morgan fingerprint density at radius 2 is 2.19 bits per heavy atom. The zero-order valence-electron chi connectivity index (χ0n) is 10.8. The molecule has 110 valence electrons. The summed E-state index contributed by atoms with van der Waals surface area (Å²) < 4.78 is 14.0. The lowest BCUT2D eigenvalue weighted by molar-refractivity contribution is 0.0691. The first-order valence-electron chi connectivity index (χ1n) is 5.83. The maximum absolute atomic E-state index is 13.8. The summed E-state index contributed by atoms with van der Waals surface area (Å²) in [5, 5.41) is 13.2. The molecule has 8 heteroatoms. The van der Waals surface area contributed by atoms with Gasteiger partial charge >= 0.3 is 5.97 Å². The first kappa shape index (κ1) is 15.6. The van der Waals surface area contributed by atoms with E-state index in [1.54, 1.807) is 13.0 Å². The molecule has 1 atom stereocenters. The number of halogens is 2. The predicted molar refractivity (Wildman–Crippen MR) is 79.1 cm³/mol. The number of amides is 1. The standard InChI is InChI=1S/C13H10BrFN2O3S/c1-6(12-17-9(5-21-12)13(19)20)16-11(18)7-3-2-4-8(14)10(7)15/h2-6H,1H3,(H,16,18)(H,19,20). The highest BCUT2D eigenvalue weighted by Gasteiger charge is 2.19. The molecule has 2 aromatic rings. The Morgan fingerprint density at radius 3 is 2.81 bits per heavy atom. The van der Waals surface area contributed by atoms with Crippen molar-refractivity contribution in [3.8, 4) is 0 Å². The topological polar surface area (TPSA) is 79.3 Å². The van der Waals surface area contributed by atoms with E-state index in [0.29, 0.717) is 5.01 Å².